The predicted octanol–water partition coefficient (Wildman–Crippen LogP) is 4.18. The first kappa shape index (κ1) is 15.1. The second-order valence-corrected chi connectivity index (χ2v) is 7.76. The summed E-state index contributed by atoms with van der Waals surface area (Å²) in [6, 6.07) is 8.20. The minimum Gasteiger partial charge on any atom is -0.493 e. The summed E-state index contributed by atoms with van der Waals surface area (Å²) in [7, 11) is 1.51. The molecule has 0 amide bonds. The standard InChI is InChI=1S/C17H21IO3/c1-20-15(19)17-9-6-16(7-10-17,8-11-17)12-21-14-4-2-13(18)3-5-14/h2-5H,6-12H2,1H3. The van der Waals surface area contributed by atoms with E-state index in [0.29, 0.717) is 0 Å². The van der Waals surface area contributed by atoms with Crippen LogP contribution >= 0.6 is 22.6 Å². The third kappa shape index (κ3) is 2.91. The summed E-state index contributed by atoms with van der Waals surface area (Å²) >= 11 is 2.30. The monoisotopic (exact) mass is 400 g/mol. The van der Waals surface area contributed by atoms with E-state index < -0.39 is 0 Å². The van der Waals surface area contributed by atoms with Crippen LogP contribution in [0, 0.1) is 14.4 Å². The van der Waals surface area contributed by atoms with Crippen LogP contribution in [0.15, 0.2) is 24.3 Å². The Labute approximate surface area is 139 Å². The number of ether oxygens (including phenoxy) is 2. The highest BCUT2D eigenvalue weighted by Crippen LogP contribution is 2.57. The number of esters is 1. The van der Waals surface area contributed by atoms with E-state index in [2.05, 4.69) is 34.7 Å². The predicted molar refractivity (Wildman–Crippen MR) is 89.2 cm³/mol. The van der Waals surface area contributed by atoms with Crippen molar-refractivity contribution in [1.82, 2.24) is 0 Å². The molecule has 0 aromatic heterocycles. The van der Waals surface area contributed by atoms with E-state index in [1.807, 2.05) is 12.1 Å². The minimum absolute atomic E-state index is 0.00523. The van der Waals surface area contributed by atoms with Crippen LogP contribution in [-0.4, -0.2) is 19.7 Å². The van der Waals surface area contributed by atoms with Crippen molar-refractivity contribution in [3.63, 3.8) is 0 Å². The summed E-state index contributed by atoms with van der Waals surface area (Å²) in [4.78, 5) is 12.0. The first-order valence-corrected chi connectivity index (χ1v) is 8.62. The number of fused-ring (bicyclic) bond motifs is 3. The van der Waals surface area contributed by atoms with Crippen LogP contribution in [0.1, 0.15) is 38.5 Å². The lowest BCUT2D eigenvalue weighted by Crippen LogP contribution is -2.48. The first-order valence-electron chi connectivity index (χ1n) is 7.54. The molecule has 4 rings (SSSR count). The SMILES string of the molecule is COC(=O)C12CCC(COc3ccc(I)cc3)(CC1)CC2. The van der Waals surface area contributed by atoms with E-state index in [1.165, 1.54) is 10.7 Å². The molecule has 3 nitrogen and oxygen atoms in total. The molecule has 2 bridgehead atoms. The average molecular weight is 400 g/mol. The molecule has 0 atom stereocenters. The van der Waals surface area contributed by atoms with Gasteiger partial charge in [-0.1, -0.05) is 0 Å². The Morgan fingerprint density at radius 2 is 1.67 bits per heavy atom. The Morgan fingerprint density at radius 1 is 1.10 bits per heavy atom. The van der Waals surface area contributed by atoms with Crippen LogP contribution in [0.3, 0.4) is 0 Å². The van der Waals surface area contributed by atoms with Gasteiger partial charge in [-0.3, -0.25) is 4.79 Å². The summed E-state index contributed by atoms with van der Waals surface area (Å²) in [6.07, 6.45) is 6.09. The van der Waals surface area contributed by atoms with Gasteiger partial charge in [0.2, 0.25) is 0 Å². The zero-order chi connectivity index (χ0) is 14.9. The molecule has 0 N–H and O–H groups in total. The fourth-order valence-corrected chi connectivity index (χ4v) is 4.13. The van der Waals surface area contributed by atoms with Gasteiger partial charge in [-0.2, -0.15) is 0 Å². The van der Waals surface area contributed by atoms with Crippen LogP contribution < -0.4 is 4.74 Å². The van der Waals surface area contributed by atoms with Gasteiger partial charge in [0.15, 0.2) is 0 Å². The van der Waals surface area contributed by atoms with Crippen LogP contribution in [0.5, 0.6) is 5.75 Å². The maximum absolute atomic E-state index is 12.0. The maximum atomic E-state index is 12.0. The quantitative estimate of drug-likeness (QED) is 0.562. The van der Waals surface area contributed by atoms with Crippen molar-refractivity contribution in [3.8, 4) is 5.75 Å². The van der Waals surface area contributed by atoms with Gasteiger partial charge in [0.05, 0.1) is 19.1 Å². The molecule has 0 unspecified atom stereocenters. The summed E-state index contributed by atoms with van der Waals surface area (Å²) < 4.78 is 12.2. The van der Waals surface area contributed by atoms with Gasteiger partial charge < -0.3 is 9.47 Å². The Morgan fingerprint density at radius 3 is 2.19 bits per heavy atom. The van der Waals surface area contributed by atoms with E-state index in [0.717, 1.165) is 50.9 Å². The number of hydrogen-bond donors (Lipinski definition) is 0. The van der Waals surface area contributed by atoms with Gasteiger partial charge in [-0.05, 0) is 85.4 Å². The van der Waals surface area contributed by atoms with E-state index in [1.54, 1.807) is 0 Å². The molecule has 3 saturated carbocycles. The van der Waals surface area contributed by atoms with E-state index >= 15 is 0 Å². The van der Waals surface area contributed by atoms with E-state index in [9.17, 15) is 4.79 Å². The molecule has 0 spiro atoms. The molecule has 0 radical (unpaired) electrons. The second-order valence-electron chi connectivity index (χ2n) is 6.51. The largest absolute Gasteiger partial charge is 0.493 e. The zero-order valence-corrected chi connectivity index (χ0v) is 14.5. The van der Waals surface area contributed by atoms with Crippen molar-refractivity contribution >= 4 is 28.6 Å². The second kappa shape index (κ2) is 5.78. The van der Waals surface area contributed by atoms with E-state index in [-0.39, 0.29) is 16.8 Å². The highest BCUT2D eigenvalue weighted by molar-refractivity contribution is 14.1. The zero-order valence-electron chi connectivity index (χ0n) is 12.4. The van der Waals surface area contributed by atoms with Crippen molar-refractivity contribution in [3.05, 3.63) is 27.8 Å². The van der Waals surface area contributed by atoms with Gasteiger partial charge in [0.1, 0.15) is 5.75 Å². The Kier molecular flexibility index (Phi) is 4.17. The number of carbonyl (C=O) groups is 1. The fraction of sp³-hybridized carbons (Fsp3) is 0.588. The van der Waals surface area contributed by atoms with Crippen molar-refractivity contribution in [2.75, 3.05) is 13.7 Å². The fourth-order valence-electron chi connectivity index (χ4n) is 3.77. The average Bonchev–Trinajstić information content (AvgIpc) is 2.55. The van der Waals surface area contributed by atoms with Gasteiger partial charge in [0.25, 0.3) is 0 Å². The topological polar surface area (TPSA) is 35.5 Å². The number of hydrogen-bond acceptors (Lipinski definition) is 3. The van der Waals surface area contributed by atoms with Crippen molar-refractivity contribution in [2.45, 2.75) is 38.5 Å². The Bertz CT molecular complexity index is 499. The van der Waals surface area contributed by atoms with Crippen LogP contribution in [0.25, 0.3) is 0 Å². The lowest BCUT2D eigenvalue weighted by Gasteiger charge is -2.51. The van der Waals surface area contributed by atoms with Crippen molar-refractivity contribution in [2.24, 2.45) is 10.8 Å². The van der Waals surface area contributed by atoms with Crippen molar-refractivity contribution < 1.29 is 14.3 Å². The van der Waals surface area contributed by atoms with Gasteiger partial charge in [0, 0.05) is 8.99 Å². The normalized spacial score (nSPS) is 31.0. The number of benzene rings is 1. The Balaban J connectivity index is 1.61. The highest BCUT2D eigenvalue weighted by Gasteiger charge is 2.53. The molecule has 3 fully saturated rings. The summed E-state index contributed by atoms with van der Waals surface area (Å²) in [6.45, 7) is 0.769. The smallest absolute Gasteiger partial charge is 0.311 e. The third-order valence-corrected chi connectivity index (χ3v) is 6.10. The van der Waals surface area contributed by atoms with Crippen molar-refractivity contribution in [1.29, 1.82) is 0 Å². The Hall–Kier alpha value is -0.780. The molecule has 0 saturated heterocycles. The molecular formula is C17H21IO3. The molecule has 0 heterocycles. The molecule has 3 aliphatic carbocycles. The summed E-state index contributed by atoms with van der Waals surface area (Å²) in [5.74, 6) is 0.939. The number of halogens is 1. The van der Waals surface area contributed by atoms with Crippen LogP contribution in [0.2, 0.25) is 0 Å². The van der Waals surface area contributed by atoms with Gasteiger partial charge in [-0.25, -0.2) is 0 Å². The summed E-state index contributed by atoms with van der Waals surface area (Å²) in [5.41, 5.74) is 0.0676. The molecule has 3 aliphatic rings. The maximum Gasteiger partial charge on any atom is 0.311 e. The number of carbonyl (C=O) groups excluding carboxylic acids is 1. The lowest BCUT2D eigenvalue weighted by molar-refractivity contribution is -0.163. The molecule has 21 heavy (non-hydrogen) atoms. The van der Waals surface area contributed by atoms with Crippen LogP contribution in [-0.2, 0) is 9.53 Å². The number of methoxy groups -OCH3 is 1. The minimum atomic E-state index is -0.195. The molecular weight excluding hydrogens is 379 g/mol. The van der Waals surface area contributed by atoms with Crippen LogP contribution in [0.4, 0.5) is 0 Å². The molecule has 114 valence electrons. The molecule has 1 aromatic rings. The van der Waals surface area contributed by atoms with Gasteiger partial charge in [-0.15, -0.1) is 0 Å². The summed E-state index contributed by atoms with van der Waals surface area (Å²) in [5, 5.41) is 0. The van der Waals surface area contributed by atoms with Gasteiger partial charge >= 0.3 is 5.97 Å². The molecule has 1 aromatic carbocycles. The molecule has 0 aliphatic heterocycles. The first-order chi connectivity index (χ1) is 10.1. The highest BCUT2D eigenvalue weighted by atomic mass is 127. The molecule has 4 heteroatoms. The lowest BCUT2D eigenvalue weighted by atomic mass is 9.54. The van der Waals surface area contributed by atoms with E-state index in [4.69, 9.17) is 9.47 Å². The number of rotatable bonds is 4. The third-order valence-electron chi connectivity index (χ3n) is 5.38.